The summed E-state index contributed by atoms with van der Waals surface area (Å²) in [5, 5.41) is 0.640. The zero-order chi connectivity index (χ0) is 9.31. The number of benzene rings is 1. The van der Waals surface area contributed by atoms with E-state index >= 15 is 0 Å². The number of hydrogen-bond acceptors (Lipinski definition) is 3. The zero-order valence-corrected chi connectivity index (χ0v) is 7.87. The van der Waals surface area contributed by atoms with Crippen molar-refractivity contribution in [2.45, 2.75) is 6.42 Å². The molecule has 1 fully saturated rings. The molecule has 0 aliphatic carbocycles. The van der Waals surface area contributed by atoms with Gasteiger partial charge in [-0.2, -0.15) is 0 Å². The Hall–Kier alpha value is -1.08. The summed E-state index contributed by atoms with van der Waals surface area (Å²) >= 11 is 0. The van der Waals surface area contributed by atoms with E-state index in [9.17, 15) is 9.36 Å². The van der Waals surface area contributed by atoms with Gasteiger partial charge in [-0.25, -0.2) is 0 Å². The molecule has 1 unspecified atom stereocenters. The monoisotopic (exact) mass is 196 g/mol. The molecule has 1 aromatic carbocycles. The molecular formula is C9H9O3P. The SMILES string of the molecule is O=C1CCP(=O)(c2ccccc2)O1. The molecule has 1 aliphatic rings. The molecule has 0 saturated carbocycles. The predicted molar refractivity (Wildman–Crippen MR) is 49.3 cm³/mol. The molecule has 1 saturated heterocycles. The molecule has 0 amide bonds. The van der Waals surface area contributed by atoms with Crippen molar-refractivity contribution in [2.75, 3.05) is 6.16 Å². The molecule has 0 bridgehead atoms. The molecule has 68 valence electrons. The van der Waals surface area contributed by atoms with E-state index in [2.05, 4.69) is 0 Å². The van der Waals surface area contributed by atoms with Crippen molar-refractivity contribution in [3.63, 3.8) is 0 Å². The van der Waals surface area contributed by atoms with Crippen LogP contribution in [0.4, 0.5) is 0 Å². The molecular weight excluding hydrogens is 187 g/mol. The van der Waals surface area contributed by atoms with E-state index in [1.165, 1.54) is 0 Å². The minimum Gasteiger partial charge on any atom is -0.408 e. The summed E-state index contributed by atoms with van der Waals surface area (Å²) < 4.78 is 16.8. The first-order chi connectivity index (χ1) is 6.21. The average Bonchev–Trinajstić information content (AvgIpc) is 2.49. The van der Waals surface area contributed by atoms with Crippen LogP contribution in [0, 0.1) is 0 Å². The van der Waals surface area contributed by atoms with Gasteiger partial charge in [0.2, 0.25) is 0 Å². The summed E-state index contributed by atoms with van der Waals surface area (Å²) in [5.41, 5.74) is 0. The number of rotatable bonds is 1. The van der Waals surface area contributed by atoms with Gasteiger partial charge in [0.15, 0.2) is 0 Å². The second-order valence-electron chi connectivity index (χ2n) is 2.95. The van der Waals surface area contributed by atoms with Gasteiger partial charge in [0, 0.05) is 11.5 Å². The van der Waals surface area contributed by atoms with Crippen molar-refractivity contribution in [3.05, 3.63) is 30.3 Å². The number of carbonyl (C=O) groups is 1. The van der Waals surface area contributed by atoms with Crippen LogP contribution in [0.2, 0.25) is 0 Å². The normalized spacial score (nSPS) is 27.2. The van der Waals surface area contributed by atoms with E-state index in [1.807, 2.05) is 6.07 Å². The molecule has 0 aromatic heterocycles. The van der Waals surface area contributed by atoms with Crippen LogP contribution in [0.25, 0.3) is 0 Å². The first kappa shape index (κ1) is 8.52. The van der Waals surface area contributed by atoms with E-state index in [1.54, 1.807) is 24.3 Å². The summed E-state index contributed by atoms with van der Waals surface area (Å²) in [4.78, 5) is 10.8. The molecule has 3 nitrogen and oxygen atoms in total. The minimum absolute atomic E-state index is 0.270. The topological polar surface area (TPSA) is 43.4 Å². The van der Waals surface area contributed by atoms with Gasteiger partial charge in [-0.3, -0.25) is 9.36 Å². The Morgan fingerprint density at radius 3 is 2.46 bits per heavy atom. The van der Waals surface area contributed by atoms with Crippen LogP contribution in [0.1, 0.15) is 6.42 Å². The van der Waals surface area contributed by atoms with Crippen molar-refractivity contribution in [2.24, 2.45) is 0 Å². The van der Waals surface area contributed by atoms with Crippen molar-refractivity contribution >= 4 is 18.6 Å². The van der Waals surface area contributed by atoms with Crippen LogP contribution in [-0.2, 0) is 13.9 Å². The molecule has 0 spiro atoms. The molecule has 2 rings (SSSR count). The van der Waals surface area contributed by atoms with E-state index in [0.717, 1.165) is 0 Å². The Labute approximate surface area is 76.2 Å². The largest absolute Gasteiger partial charge is 0.408 e. The van der Waals surface area contributed by atoms with E-state index < -0.39 is 7.37 Å². The number of carbonyl (C=O) groups excluding carboxylic acids is 1. The van der Waals surface area contributed by atoms with Crippen molar-refractivity contribution in [1.82, 2.24) is 0 Å². The minimum atomic E-state index is -2.83. The van der Waals surface area contributed by atoms with Gasteiger partial charge in [-0.05, 0) is 12.1 Å². The summed E-state index contributed by atoms with van der Waals surface area (Å²) in [5.74, 6) is -0.354. The van der Waals surface area contributed by atoms with Crippen LogP contribution >= 0.6 is 7.37 Å². The quantitative estimate of drug-likeness (QED) is 0.640. The maximum Gasteiger partial charge on any atom is 0.311 e. The van der Waals surface area contributed by atoms with E-state index in [4.69, 9.17) is 4.52 Å². The van der Waals surface area contributed by atoms with Crippen molar-refractivity contribution in [3.8, 4) is 0 Å². The van der Waals surface area contributed by atoms with Gasteiger partial charge in [-0.15, -0.1) is 0 Å². The molecule has 0 radical (unpaired) electrons. The third-order valence-corrected chi connectivity index (χ3v) is 4.41. The molecule has 13 heavy (non-hydrogen) atoms. The van der Waals surface area contributed by atoms with Gasteiger partial charge in [-0.1, -0.05) is 18.2 Å². The van der Waals surface area contributed by atoms with E-state index in [0.29, 0.717) is 11.5 Å². The van der Waals surface area contributed by atoms with Crippen LogP contribution in [0.15, 0.2) is 30.3 Å². The van der Waals surface area contributed by atoms with Gasteiger partial charge in [0.1, 0.15) is 0 Å². The first-order valence-corrected chi connectivity index (χ1v) is 5.89. The third kappa shape index (κ3) is 1.52. The molecule has 4 heteroatoms. The second kappa shape index (κ2) is 3.00. The summed E-state index contributed by atoms with van der Waals surface area (Å²) in [6, 6.07) is 8.90. The summed E-state index contributed by atoms with van der Waals surface area (Å²) in [6.07, 6.45) is 0.613. The summed E-state index contributed by atoms with van der Waals surface area (Å²) in [6.45, 7) is 0. The fourth-order valence-electron chi connectivity index (χ4n) is 1.33. The van der Waals surface area contributed by atoms with Gasteiger partial charge in [0.05, 0.1) is 6.42 Å². The Morgan fingerprint density at radius 1 is 1.23 bits per heavy atom. The van der Waals surface area contributed by atoms with E-state index in [-0.39, 0.29) is 12.4 Å². The lowest BCUT2D eigenvalue weighted by Gasteiger charge is -2.08. The lowest BCUT2D eigenvalue weighted by atomic mass is 10.4. The average molecular weight is 196 g/mol. The summed E-state index contributed by atoms with van der Waals surface area (Å²) in [7, 11) is -2.83. The second-order valence-corrected chi connectivity index (χ2v) is 5.44. The highest BCUT2D eigenvalue weighted by Crippen LogP contribution is 2.50. The van der Waals surface area contributed by atoms with Crippen LogP contribution in [-0.4, -0.2) is 12.1 Å². The fourth-order valence-corrected chi connectivity index (χ4v) is 3.31. The predicted octanol–water partition coefficient (Wildman–Crippen LogP) is 1.54. The Morgan fingerprint density at radius 2 is 1.92 bits per heavy atom. The van der Waals surface area contributed by atoms with Crippen LogP contribution in [0.3, 0.4) is 0 Å². The Bertz CT molecular complexity index is 372. The fraction of sp³-hybridized carbons (Fsp3) is 0.222. The highest BCUT2D eigenvalue weighted by atomic mass is 31.2. The maximum absolute atomic E-state index is 12.0. The van der Waals surface area contributed by atoms with Gasteiger partial charge in [0.25, 0.3) is 7.37 Å². The standard InChI is InChI=1S/C9H9O3P/c10-9-6-7-13(11,12-9)8-4-2-1-3-5-8/h1-5H,6-7H2. The van der Waals surface area contributed by atoms with Gasteiger partial charge < -0.3 is 4.52 Å². The Balaban J connectivity index is 2.37. The molecule has 1 atom stereocenters. The zero-order valence-electron chi connectivity index (χ0n) is 6.97. The highest BCUT2D eigenvalue weighted by Gasteiger charge is 2.36. The van der Waals surface area contributed by atoms with Crippen molar-refractivity contribution in [1.29, 1.82) is 0 Å². The molecule has 0 N–H and O–H groups in total. The van der Waals surface area contributed by atoms with Crippen LogP contribution in [0.5, 0.6) is 0 Å². The molecule has 1 heterocycles. The lowest BCUT2D eigenvalue weighted by molar-refractivity contribution is -0.131. The van der Waals surface area contributed by atoms with Crippen molar-refractivity contribution < 1.29 is 13.9 Å². The molecule has 1 aromatic rings. The number of hydrogen-bond donors (Lipinski definition) is 0. The highest BCUT2D eigenvalue weighted by molar-refractivity contribution is 7.67. The first-order valence-electron chi connectivity index (χ1n) is 4.08. The Kier molecular flexibility index (Phi) is 1.97. The van der Waals surface area contributed by atoms with Crippen LogP contribution < -0.4 is 5.30 Å². The van der Waals surface area contributed by atoms with Gasteiger partial charge >= 0.3 is 5.97 Å². The smallest absolute Gasteiger partial charge is 0.311 e. The third-order valence-electron chi connectivity index (χ3n) is 2.01. The maximum atomic E-state index is 12.0. The lowest BCUT2D eigenvalue weighted by Crippen LogP contribution is -2.04. The molecule has 1 aliphatic heterocycles.